The number of halogens is 1. The molecule has 0 atom stereocenters. The molecule has 3 aromatic rings. The Balaban J connectivity index is 1.68. The Kier molecular flexibility index (Phi) is 7.21. The van der Waals surface area contributed by atoms with Gasteiger partial charge in [0.05, 0.1) is 15.9 Å². The Labute approximate surface area is 205 Å². The Bertz CT molecular complexity index is 1190. The number of rotatable bonds is 8. The van der Waals surface area contributed by atoms with Crippen LogP contribution in [-0.4, -0.2) is 53.8 Å². The number of carbonyl (C=O) groups excluding carboxylic acids is 3. The van der Waals surface area contributed by atoms with Crippen molar-refractivity contribution < 1.29 is 14.4 Å². The van der Waals surface area contributed by atoms with Gasteiger partial charge in [0.2, 0.25) is 11.8 Å². The molecule has 172 valence electrons. The van der Waals surface area contributed by atoms with Gasteiger partial charge in [0, 0.05) is 36.0 Å². The van der Waals surface area contributed by atoms with Crippen LogP contribution in [0.3, 0.4) is 0 Å². The summed E-state index contributed by atoms with van der Waals surface area (Å²) < 4.78 is 1.95. The van der Waals surface area contributed by atoms with Crippen molar-refractivity contribution >= 4 is 66.0 Å². The maximum atomic E-state index is 13.7. The summed E-state index contributed by atoms with van der Waals surface area (Å²) in [6, 6.07) is 12.6. The smallest absolute Gasteiger partial charge is 0.260 e. The molecule has 0 spiro atoms. The van der Waals surface area contributed by atoms with Gasteiger partial charge in [-0.25, -0.2) is 4.98 Å². The highest BCUT2D eigenvalue weighted by Gasteiger charge is 2.31. The second kappa shape index (κ2) is 10.1. The molecule has 0 unspecified atom stereocenters. The number of thiazole rings is 1. The van der Waals surface area contributed by atoms with Crippen LogP contribution >= 0.6 is 27.3 Å². The van der Waals surface area contributed by atoms with Gasteiger partial charge in [-0.05, 0) is 49.5 Å². The summed E-state index contributed by atoms with van der Waals surface area (Å²) in [5.74, 6) is -0.680. The first-order chi connectivity index (χ1) is 15.9. The number of amides is 3. The molecule has 1 saturated heterocycles. The van der Waals surface area contributed by atoms with Crippen LogP contribution in [0.25, 0.3) is 10.2 Å². The van der Waals surface area contributed by atoms with Gasteiger partial charge in [-0.15, -0.1) is 0 Å². The molecule has 1 aliphatic heterocycles. The van der Waals surface area contributed by atoms with Crippen molar-refractivity contribution in [2.75, 3.05) is 36.0 Å². The number of fused-ring (bicyclic) bond motifs is 1. The minimum Gasteiger partial charge on any atom is -0.302 e. The summed E-state index contributed by atoms with van der Waals surface area (Å²) in [4.78, 5) is 47.9. The van der Waals surface area contributed by atoms with Gasteiger partial charge in [0.1, 0.15) is 0 Å². The fraction of sp³-hybridized carbons (Fsp3) is 0.333. The maximum absolute atomic E-state index is 13.7. The van der Waals surface area contributed by atoms with Crippen molar-refractivity contribution in [1.29, 1.82) is 0 Å². The Morgan fingerprint density at radius 1 is 1.06 bits per heavy atom. The minimum atomic E-state index is -0.236. The Morgan fingerprint density at radius 3 is 2.48 bits per heavy atom. The summed E-state index contributed by atoms with van der Waals surface area (Å²) in [5.41, 5.74) is 1.69. The molecule has 4 rings (SSSR count). The van der Waals surface area contributed by atoms with E-state index in [9.17, 15) is 14.4 Å². The van der Waals surface area contributed by atoms with Crippen molar-refractivity contribution in [3.05, 3.63) is 52.5 Å². The number of aromatic nitrogens is 1. The molecule has 0 bridgehead atoms. The van der Waals surface area contributed by atoms with E-state index in [2.05, 4.69) is 34.7 Å². The van der Waals surface area contributed by atoms with Crippen LogP contribution < -0.4 is 9.80 Å². The molecule has 3 amide bonds. The van der Waals surface area contributed by atoms with E-state index in [-0.39, 0.29) is 30.6 Å². The lowest BCUT2D eigenvalue weighted by Gasteiger charge is -2.25. The zero-order valence-corrected chi connectivity index (χ0v) is 21.0. The van der Waals surface area contributed by atoms with Crippen LogP contribution in [0.5, 0.6) is 0 Å². The summed E-state index contributed by atoms with van der Waals surface area (Å²) in [6.07, 6.45) is 0.405. The van der Waals surface area contributed by atoms with E-state index in [1.165, 1.54) is 16.2 Å². The van der Waals surface area contributed by atoms with Gasteiger partial charge < -0.3 is 4.90 Å². The first-order valence-electron chi connectivity index (χ1n) is 11.0. The number of hydrogen-bond acceptors (Lipinski definition) is 6. The van der Waals surface area contributed by atoms with Gasteiger partial charge in [0.15, 0.2) is 5.13 Å². The number of benzene rings is 2. The maximum Gasteiger partial charge on any atom is 0.260 e. The lowest BCUT2D eigenvalue weighted by molar-refractivity contribution is -0.121. The predicted octanol–water partition coefficient (Wildman–Crippen LogP) is 4.70. The zero-order valence-electron chi connectivity index (χ0n) is 18.6. The molecule has 1 aliphatic rings. The van der Waals surface area contributed by atoms with Crippen molar-refractivity contribution in [2.24, 2.45) is 0 Å². The van der Waals surface area contributed by atoms with Crippen LogP contribution in [-0.2, 0) is 9.59 Å². The third kappa shape index (κ3) is 5.00. The molecule has 0 aliphatic carbocycles. The molecule has 0 N–H and O–H groups in total. The first-order valence-corrected chi connectivity index (χ1v) is 12.6. The topological polar surface area (TPSA) is 73.8 Å². The van der Waals surface area contributed by atoms with Crippen molar-refractivity contribution in [1.82, 2.24) is 9.88 Å². The summed E-state index contributed by atoms with van der Waals surface area (Å²) in [6.45, 7) is 7.16. The van der Waals surface area contributed by atoms with Crippen molar-refractivity contribution in [3.8, 4) is 0 Å². The number of hydrogen-bond donors (Lipinski definition) is 0. The standard InChI is InChI=1S/C24H25BrN4O3S/c1-3-27(4-2)12-13-28(24-26-19-9-8-17(25)15-20(19)33-24)23(32)16-6-5-7-18(14-16)29-21(30)10-11-22(29)31/h5-9,14-15H,3-4,10-13H2,1-2H3. The van der Waals surface area contributed by atoms with Crippen LogP contribution in [0.1, 0.15) is 37.0 Å². The van der Waals surface area contributed by atoms with E-state index in [0.717, 1.165) is 27.8 Å². The molecule has 7 nitrogen and oxygen atoms in total. The molecule has 0 saturated carbocycles. The van der Waals surface area contributed by atoms with E-state index >= 15 is 0 Å². The summed E-state index contributed by atoms with van der Waals surface area (Å²) in [7, 11) is 0. The normalized spacial score (nSPS) is 14.0. The Morgan fingerprint density at radius 2 is 1.79 bits per heavy atom. The molecular weight excluding hydrogens is 504 g/mol. The molecule has 1 aromatic heterocycles. The van der Waals surface area contributed by atoms with Crippen molar-refractivity contribution in [2.45, 2.75) is 26.7 Å². The van der Waals surface area contributed by atoms with E-state index in [1.807, 2.05) is 18.2 Å². The number of carbonyl (C=O) groups is 3. The van der Waals surface area contributed by atoms with Gasteiger partial charge >= 0.3 is 0 Å². The quantitative estimate of drug-likeness (QED) is 0.396. The average molecular weight is 529 g/mol. The second-order valence-electron chi connectivity index (χ2n) is 7.77. The first kappa shape index (κ1) is 23.5. The minimum absolute atomic E-state index is 0.203. The molecule has 2 heterocycles. The zero-order chi connectivity index (χ0) is 23.5. The molecule has 9 heteroatoms. The highest BCUT2D eigenvalue weighted by molar-refractivity contribution is 9.10. The third-order valence-electron chi connectivity index (χ3n) is 5.75. The number of anilines is 2. The fourth-order valence-electron chi connectivity index (χ4n) is 3.87. The van der Waals surface area contributed by atoms with Crippen LogP contribution in [0.15, 0.2) is 46.9 Å². The summed E-state index contributed by atoms with van der Waals surface area (Å²) in [5, 5.41) is 0.624. The summed E-state index contributed by atoms with van der Waals surface area (Å²) >= 11 is 4.96. The van der Waals surface area contributed by atoms with E-state index < -0.39 is 0 Å². The average Bonchev–Trinajstić information content (AvgIpc) is 3.38. The third-order valence-corrected chi connectivity index (χ3v) is 7.29. The van der Waals surface area contributed by atoms with Gasteiger partial charge in [-0.3, -0.25) is 24.2 Å². The van der Waals surface area contributed by atoms with Crippen LogP contribution in [0.2, 0.25) is 0 Å². The number of likely N-dealkylation sites (N-methyl/N-ethyl adjacent to an activating group) is 1. The SMILES string of the molecule is CCN(CC)CCN(C(=O)c1cccc(N2C(=O)CCC2=O)c1)c1nc2ccc(Br)cc2s1. The lowest BCUT2D eigenvalue weighted by atomic mass is 10.1. The van der Waals surface area contributed by atoms with Crippen LogP contribution in [0, 0.1) is 0 Å². The molecule has 1 fully saturated rings. The van der Waals surface area contributed by atoms with Gasteiger partial charge in [-0.2, -0.15) is 0 Å². The van der Waals surface area contributed by atoms with Gasteiger partial charge in [-0.1, -0.05) is 47.2 Å². The van der Waals surface area contributed by atoms with Crippen LogP contribution in [0.4, 0.5) is 10.8 Å². The Hall–Kier alpha value is -2.62. The highest BCUT2D eigenvalue weighted by atomic mass is 79.9. The predicted molar refractivity (Wildman–Crippen MR) is 135 cm³/mol. The highest BCUT2D eigenvalue weighted by Crippen LogP contribution is 2.32. The van der Waals surface area contributed by atoms with E-state index in [1.54, 1.807) is 29.2 Å². The van der Waals surface area contributed by atoms with Crippen molar-refractivity contribution in [3.63, 3.8) is 0 Å². The molecule has 33 heavy (non-hydrogen) atoms. The monoisotopic (exact) mass is 528 g/mol. The molecular formula is C24H25BrN4O3S. The number of nitrogens with zero attached hydrogens (tertiary/aromatic N) is 4. The number of imide groups is 1. The second-order valence-corrected chi connectivity index (χ2v) is 9.69. The molecule has 2 aromatic carbocycles. The largest absolute Gasteiger partial charge is 0.302 e. The lowest BCUT2D eigenvalue weighted by Crippen LogP contribution is -2.39. The van der Waals surface area contributed by atoms with E-state index in [0.29, 0.717) is 29.5 Å². The fourth-order valence-corrected chi connectivity index (χ4v) is 5.41. The van der Waals surface area contributed by atoms with E-state index in [4.69, 9.17) is 4.98 Å². The van der Waals surface area contributed by atoms with Gasteiger partial charge in [0.25, 0.3) is 5.91 Å². The molecule has 0 radical (unpaired) electrons.